The van der Waals surface area contributed by atoms with Crippen LogP contribution in [-0.2, 0) is 5.41 Å². The zero-order valence-corrected chi connectivity index (χ0v) is 14.5. The Morgan fingerprint density at radius 3 is 2.33 bits per heavy atom. The van der Waals surface area contributed by atoms with E-state index in [0.717, 1.165) is 17.7 Å². The van der Waals surface area contributed by atoms with Gasteiger partial charge < -0.3 is 14.7 Å². The smallest absolute Gasteiger partial charge is 0.128 e. The van der Waals surface area contributed by atoms with Crippen molar-refractivity contribution in [3.05, 3.63) is 59.7 Å². The minimum atomic E-state index is 0.180. The Hall–Kier alpha value is -2.49. The zero-order valence-electron chi connectivity index (χ0n) is 14.5. The van der Waals surface area contributed by atoms with Crippen LogP contribution in [0.4, 0.5) is 0 Å². The predicted molar refractivity (Wildman–Crippen MR) is 96.6 cm³/mol. The molecule has 0 aliphatic carbocycles. The fraction of sp³-hybridized carbons (Fsp3) is 0.350. The minimum absolute atomic E-state index is 0.180. The van der Waals surface area contributed by atoms with Crippen molar-refractivity contribution in [2.45, 2.75) is 32.6 Å². The predicted octanol–water partition coefficient (Wildman–Crippen LogP) is 4.64. The van der Waals surface area contributed by atoms with Gasteiger partial charge in [-0.1, -0.05) is 50.2 Å². The van der Waals surface area contributed by atoms with Crippen molar-refractivity contribution in [3.8, 4) is 11.5 Å². The van der Waals surface area contributed by atoms with Crippen LogP contribution in [-0.4, -0.2) is 24.6 Å². The maximum absolute atomic E-state index is 8.65. The maximum Gasteiger partial charge on any atom is 0.128 e. The van der Waals surface area contributed by atoms with E-state index in [9.17, 15) is 0 Å². The quantitative estimate of drug-likeness (QED) is 0.332. The first-order chi connectivity index (χ1) is 11.6. The summed E-state index contributed by atoms with van der Waals surface area (Å²) < 4.78 is 11.4. The molecule has 0 aromatic heterocycles. The molecular formula is C20H25NO3. The first-order valence-electron chi connectivity index (χ1n) is 8.19. The van der Waals surface area contributed by atoms with Crippen LogP contribution in [0.15, 0.2) is 53.7 Å². The molecule has 4 nitrogen and oxygen atoms in total. The summed E-state index contributed by atoms with van der Waals surface area (Å²) in [6.45, 7) is 7.54. The molecule has 4 heteroatoms. The summed E-state index contributed by atoms with van der Waals surface area (Å²) in [5, 5.41) is 11.7. The molecule has 128 valence electrons. The first-order valence-corrected chi connectivity index (χ1v) is 8.19. The van der Waals surface area contributed by atoms with E-state index in [4.69, 9.17) is 14.7 Å². The van der Waals surface area contributed by atoms with Gasteiger partial charge in [-0.15, -0.1) is 0 Å². The van der Waals surface area contributed by atoms with Crippen molar-refractivity contribution in [2.75, 3.05) is 13.2 Å². The highest BCUT2D eigenvalue weighted by Gasteiger charge is 2.17. The number of nitrogens with zero attached hydrogens (tertiary/aromatic N) is 1. The minimum Gasteiger partial charge on any atom is -0.490 e. The van der Waals surface area contributed by atoms with Crippen LogP contribution >= 0.6 is 0 Å². The molecule has 2 aromatic carbocycles. The Kier molecular flexibility index (Phi) is 6.24. The maximum atomic E-state index is 8.65. The van der Waals surface area contributed by atoms with Crippen molar-refractivity contribution in [1.29, 1.82) is 0 Å². The topological polar surface area (TPSA) is 51.0 Å². The second-order valence-corrected chi connectivity index (χ2v) is 6.24. The fourth-order valence-corrected chi connectivity index (χ4v) is 2.30. The van der Waals surface area contributed by atoms with Gasteiger partial charge in [0.25, 0.3) is 0 Å². The number of ether oxygens (including phenoxy) is 2. The second-order valence-electron chi connectivity index (χ2n) is 6.24. The average Bonchev–Trinajstić information content (AvgIpc) is 2.60. The summed E-state index contributed by atoms with van der Waals surface area (Å²) in [7, 11) is 0. The van der Waals surface area contributed by atoms with Crippen LogP contribution in [0.25, 0.3) is 0 Å². The van der Waals surface area contributed by atoms with E-state index in [2.05, 4.69) is 38.1 Å². The molecule has 0 saturated carbocycles. The van der Waals surface area contributed by atoms with Crippen molar-refractivity contribution in [3.63, 3.8) is 0 Å². The summed E-state index contributed by atoms with van der Waals surface area (Å²) in [6, 6.07) is 15.6. The van der Waals surface area contributed by atoms with E-state index in [1.54, 1.807) is 0 Å². The Morgan fingerprint density at radius 2 is 1.67 bits per heavy atom. The van der Waals surface area contributed by atoms with Crippen molar-refractivity contribution >= 4 is 6.21 Å². The van der Waals surface area contributed by atoms with Crippen LogP contribution in [0.5, 0.6) is 11.5 Å². The summed E-state index contributed by atoms with van der Waals surface area (Å²) in [5.41, 5.74) is 2.22. The molecule has 0 fully saturated rings. The van der Waals surface area contributed by atoms with Gasteiger partial charge in [0.05, 0.1) is 6.21 Å². The monoisotopic (exact) mass is 327 g/mol. The molecule has 2 rings (SSSR count). The van der Waals surface area contributed by atoms with Gasteiger partial charge in [-0.05, 0) is 41.7 Å². The molecule has 1 N–H and O–H groups in total. The molecule has 0 heterocycles. The summed E-state index contributed by atoms with van der Waals surface area (Å²) in [6.07, 6.45) is 2.45. The number of hydrogen-bond acceptors (Lipinski definition) is 4. The summed E-state index contributed by atoms with van der Waals surface area (Å²) in [5.74, 6) is 1.50. The van der Waals surface area contributed by atoms with Gasteiger partial charge in [0.15, 0.2) is 0 Å². The van der Waals surface area contributed by atoms with Crippen LogP contribution in [0, 0.1) is 0 Å². The lowest BCUT2D eigenvalue weighted by Crippen LogP contribution is -2.15. The van der Waals surface area contributed by atoms with Gasteiger partial charge in [-0.3, -0.25) is 0 Å². The summed E-state index contributed by atoms with van der Waals surface area (Å²) >= 11 is 0. The van der Waals surface area contributed by atoms with Gasteiger partial charge in [-0.25, -0.2) is 0 Å². The number of benzene rings is 2. The standard InChI is InChI=1S/C20H25NO3/c1-4-20(2,3)17-9-11-18(12-10-17)23-13-14-24-19-8-6-5-7-16(19)15-21-22/h5-12,15,22H,4,13-14H2,1-3H3. The first kappa shape index (κ1) is 17.9. The summed E-state index contributed by atoms with van der Waals surface area (Å²) in [4.78, 5) is 0. The normalized spacial score (nSPS) is 11.6. The van der Waals surface area contributed by atoms with Crippen molar-refractivity contribution < 1.29 is 14.7 Å². The molecule has 0 saturated heterocycles. The van der Waals surface area contributed by atoms with Gasteiger partial charge in [-0.2, -0.15) is 0 Å². The van der Waals surface area contributed by atoms with Crippen molar-refractivity contribution in [2.24, 2.45) is 5.16 Å². The Morgan fingerprint density at radius 1 is 1.00 bits per heavy atom. The Bertz CT molecular complexity index is 663. The fourth-order valence-electron chi connectivity index (χ4n) is 2.30. The third kappa shape index (κ3) is 4.75. The molecule has 0 spiro atoms. The lowest BCUT2D eigenvalue weighted by atomic mass is 9.82. The molecule has 24 heavy (non-hydrogen) atoms. The van der Waals surface area contributed by atoms with Crippen LogP contribution in [0.3, 0.4) is 0 Å². The molecule has 0 atom stereocenters. The van der Waals surface area contributed by atoms with E-state index in [-0.39, 0.29) is 5.41 Å². The number of hydrogen-bond donors (Lipinski definition) is 1. The lowest BCUT2D eigenvalue weighted by molar-refractivity contribution is 0.217. The lowest BCUT2D eigenvalue weighted by Gasteiger charge is -2.23. The molecule has 0 radical (unpaired) electrons. The molecule has 0 amide bonds. The van der Waals surface area contributed by atoms with Gasteiger partial charge in [0.2, 0.25) is 0 Å². The van der Waals surface area contributed by atoms with E-state index < -0.39 is 0 Å². The Balaban J connectivity index is 1.85. The third-order valence-corrected chi connectivity index (χ3v) is 4.25. The van der Waals surface area contributed by atoms with E-state index in [0.29, 0.717) is 19.0 Å². The number of oxime groups is 1. The highest BCUT2D eigenvalue weighted by Crippen LogP contribution is 2.28. The van der Waals surface area contributed by atoms with Gasteiger partial charge in [0, 0.05) is 5.56 Å². The Labute approximate surface area is 143 Å². The third-order valence-electron chi connectivity index (χ3n) is 4.25. The highest BCUT2D eigenvalue weighted by molar-refractivity contribution is 5.82. The highest BCUT2D eigenvalue weighted by atomic mass is 16.5. The van der Waals surface area contributed by atoms with E-state index >= 15 is 0 Å². The van der Waals surface area contributed by atoms with Crippen LogP contribution in [0.1, 0.15) is 38.3 Å². The van der Waals surface area contributed by atoms with Crippen molar-refractivity contribution in [1.82, 2.24) is 0 Å². The SMILES string of the molecule is CCC(C)(C)c1ccc(OCCOc2ccccc2C=NO)cc1. The molecule has 0 bridgehead atoms. The molecule has 0 unspecified atom stereocenters. The van der Waals surface area contributed by atoms with Gasteiger partial charge in [0.1, 0.15) is 24.7 Å². The number of para-hydroxylation sites is 1. The molecular weight excluding hydrogens is 302 g/mol. The van der Waals surface area contributed by atoms with Crippen LogP contribution < -0.4 is 9.47 Å². The molecule has 0 aliphatic heterocycles. The zero-order chi connectivity index (χ0) is 17.4. The van der Waals surface area contributed by atoms with Crippen LogP contribution in [0.2, 0.25) is 0 Å². The second kappa shape index (κ2) is 8.39. The average molecular weight is 327 g/mol. The van der Waals surface area contributed by atoms with E-state index in [1.807, 2.05) is 36.4 Å². The molecule has 2 aromatic rings. The largest absolute Gasteiger partial charge is 0.490 e. The molecule has 0 aliphatic rings. The number of rotatable bonds is 8. The van der Waals surface area contributed by atoms with Gasteiger partial charge >= 0.3 is 0 Å². The van der Waals surface area contributed by atoms with E-state index in [1.165, 1.54) is 11.8 Å².